The zero-order valence-corrected chi connectivity index (χ0v) is 16.8. The molecule has 2 bridgehead atoms. The van der Waals surface area contributed by atoms with Crippen LogP contribution in [0, 0.1) is 28.1 Å². The summed E-state index contributed by atoms with van der Waals surface area (Å²) in [7, 11) is 0. The summed E-state index contributed by atoms with van der Waals surface area (Å²) in [6.07, 6.45) is 0.977. The molecule has 0 aromatic carbocycles. The summed E-state index contributed by atoms with van der Waals surface area (Å²) in [6.45, 7) is 8.89. The molecule has 0 saturated carbocycles. The van der Waals surface area contributed by atoms with E-state index in [-0.39, 0.29) is 5.41 Å². The van der Waals surface area contributed by atoms with Crippen molar-refractivity contribution >= 4 is 35.7 Å². The minimum absolute atomic E-state index is 0.00693. The first-order chi connectivity index (χ1) is 10.2. The number of rotatable bonds is 2. The molecule has 1 saturated heterocycles. The Morgan fingerprint density at radius 1 is 1.14 bits per heavy atom. The van der Waals surface area contributed by atoms with Crippen molar-refractivity contribution in [3.63, 3.8) is 0 Å². The van der Waals surface area contributed by atoms with Crippen LogP contribution in [0.4, 0.5) is 0 Å². The zero-order valence-electron chi connectivity index (χ0n) is 13.3. The van der Waals surface area contributed by atoms with E-state index >= 15 is 0 Å². The van der Waals surface area contributed by atoms with Gasteiger partial charge < -0.3 is 0 Å². The maximum Gasteiger partial charge on any atom is 0.0680 e. The van der Waals surface area contributed by atoms with Gasteiger partial charge in [-0.1, -0.05) is 47.3 Å². The van der Waals surface area contributed by atoms with E-state index < -0.39 is 12.1 Å². The Labute approximate surface area is 143 Å². The normalized spacial score (nSPS) is 48.8. The van der Waals surface area contributed by atoms with Gasteiger partial charge in [0.1, 0.15) is 0 Å². The monoisotopic (exact) mass is 366 g/mol. The molecule has 0 aromatic rings. The highest BCUT2D eigenvalue weighted by Gasteiger charge is 2.70. The fourth-order valence-corrected chi connectivity index (χ4v) is 19.5. The minimum Gasteiger partial charge on any atom is -0.198 e. The van der Waals surface area contributed by atoms with Crippen LogP contribution < -0.4 is 0 Å². The molecule has 2 unspecified atom stereocenters. The van der Waals surface area contributed by atoms with Gasteiger partial charge in [0, 0.05) is 22.4 Å². The van der Waals surface area contributed by atoms with Crippen LogP contribution >= 0.6 is 12.1 Å². The first-order valence-corrected chi connectivity index (χ1v) is 13.7. The summed E-state index contributed by atoms with van der Waals surface area (Å²) in [4.78, 5) is 0. The third-order valence-corrected chi connectivity index (χ3v) is 16.9. The predicted molar refractivity (Wildman–Crippen MR) is 101 cm³/mol. The summed E-state index contributed by atoms with van der Waals surface area (Å²) >= 11 is 12.3. The Hall–Kier alpha value is -0.240. The number of hydrogen-bond donors (Lipinski definition) is 0. The van der Waals surface area contributed by atoms with Gasteiger partial charge in [0.05, 0.1) is 24.5 Å². The van der Waals surface area contributed by atoms with Gasteiger partial charge in [0.15, 0.2) is 0 Å². The van der Waals surface area contributed by atoms with Crippen molar-refractivity contribution in [1.29, 1.82) is 10.5 Å². The van der Waals surface area contributed by atoms with Crippen LogP contribution in [0.15, 0.2) is 22.5 Å². The number of nitrogens with zero attached hydrogens (tertiary/aromatic N) is 2. The van der Waals surface area contributed by atoms with Crippen molar-refractivity contribution in [2.75, 3.05) is 12.3 Å². The highest BCUT2D eigenvalue weighted by molar-refractivity contribution is 8.19. The average molecular weight is 366 g/mol. The smallest absolute Gasteiger partial charge is 0.0680 e. The summed E-state index contributed by atoms with van der Waals surface area (Å²) < 4.78 is 0. The van der Waals surface area contributed by atoms with Gasteiger partial charge in [-0.05, 0) is 38.7 Å². The summed E-state index contributed by atoms with van der Waals surface area (Å²) in [5, 5.41) is 18.7. The van der Waals surface area contributed by atoms with Crippen LogP contribution in [-0.2, 0) is 23.6 Å². The molecule has 22 heavy (non-hydrogen) atoms. The molecule has 3 aliphatic rings. The molecule has 0 aromatic heterocycles. The largest absolute Gasteiger partial charge is 0.198 e. The molecule has 2 nitrogen and oxygen atoms in total. The molecule has 1 fully saturated rings. The predicted octanol–water partition coefficient (Wildman–Crippen LogP) is 4.39. The van der Waals surface area contributed by atoms with E-state index in [0.29, 0.717) is 29.3 Å². The Morgan fingerprint density at radius 3 is 2.27 bits per heavy atom. The molecule has 6 heteroatoms. The van der Waals surface area contributed by atoms with Crippen LogP contribution in [0.2, 0.25) is 0 Å². The molecular weight excluding hydrogens is 346 g/mol. The van der Waals surface area contributed by atoms with E-state index in [9.17, 15) is 10.5 Å². The van der Waals surface area contributed by atoms with E-state index in [4.69, 9.17) is 23.6 Å². The van der Waals surface area contributed by atoms with Crippen molar-refractivity contribution in [3.8, 4) is 12.1 Å². The lowest BCUT2D eigenvalue weighted by atomic mass is 9.69. The topological polar surface area (TPSA) is 47.6 Å². The third kappa shape index (κ3) is 1.66. The maximum atomic E-state index is 9.38. The van der Waals surface area contributed by atoms with Gasteiger partial charge in [0.2, 0.25) is 0 Å². The molecule has 0 aliphatic carbocycles. The Kier molecular flexibility index (Phi) is 3.68. The molecule has 3 rings (SSSR count). The van der Waals surface area contributed by atoms with Crippen molar-refractivity contribution in [2.45, 2.75) is 44.7 Å². The van der Waals surface area contributed by atoms with E-state index in [1.807, 2.05) is 0 Å². The lowest BCUT2D eigenvalue weighted by Crippen LogP contribution is -2.40. The number of nitriles is 2. The maximum absolute atomic E-state index is 9.38. The van der Waals surface area contributed by atoms with E-state index in [1.54, 1.807) is 0 Å². The van der Waals surface area contributed by atoms with Gasteiger partial charge in [-0.15, -0.1) is 0 Å². The fraction of sp³-hybridized carbons (Fsp3) is 0.625. The highest BCUT2D eigenvalue weighted by atomic mass is 32.4. The van der Waals surface area contributed by atoms with Crippen LogP contribution in [0.5, 0.6) is 0 Å². The fourth-order valence-electron chi connectivity index (χ4n) is 5.38. The van der Waals surface area contributed by atoms with Gasteiger partial charge in [-0.3, -0.25) is 0 Å². The van der Waals surface area contributed by atoms with Gasteiger partial charge in [-0.25, -0.2) is 0 Å². The number of hydrogen-bond acceptors (Lipinski definition) is 4. The number of allylic oxidation sites excluding steroid dienone is 3. The molecule has 0 N–H and O–H groups in total. The first-order valence-electron chi connectivity index (χ1n) is 7.46. The second-order valence-electron chi connectivity index (χ2n) is 7.09. The molecule has 0 radical (unpaired) electrons. The number of fused-ring (bicyclic) bond motifs is 5. The van der Waals surface area contributed by atoms with E-state index in [1.165, 1.54) is 16.7 Å². The van der Waals surface area contributed by atoms with Crippen molar-refractivity contribution in [1.82, 2.24) is 0 Å². The van der Waals surface area contributed by atoms with E-state index in [0.717, 1.165) is 0 Å². The van der Waals surface area contributed by atoms with Crippen LogP contribution in [0.1, 0.15) is 27.7 Å². The Morgan fingerprint density at radius 2 is 1.73 bits per heavy atom. The summed E-state index contributed by atoms with van der Waals surface area (Å²) in [6, 6.07) is 1.02. The molecular formula is C16H20N2P2S2. The van der Waals surface area contributed by atoms with Crippen LogP contribution in [-0.4, -0.2) is 29.3 Å². The Balaban J connectivity index is 2.29. The van der Waals surface area contributed by atoms with E-state index in [2.05, 4.69) is 45.7 Å². The minimum atomic E-state index is -1.88. The van der Waals surface area contributed by atoms with Gasteiger partial charge in [0.25, 0.3) is 0 Å². The van der Waals surface area contributed by atoms with Crippen molar-refractivity contribution < 1.29 is 0 Å². The molecule has 0 spiro atoms. The quantitative estimate of drug-likeness (QED) is 0.537. The SMILES string of the molecule is CC1=CP(=S)(CC#N)[C@@H]2[C@@H]3C(C)=C(C)[C@H]([C@]12C)P3(=S)CC#N. The molecule has 3 heterocycles. The van der Waals surface area contributed by atoms with Crippen LogP contribution in [0.25, 0.3) is 0 Å². The summed E-state index contributed by atoms with van der Waals surface area (Å²) in [5.41, 5.74) is 5.07. The lowest BCUT2D eigenvalue weighted by molar-refractivity contribution is 0.399. The summed E-state index contributed by atoms with van der Waals surface area (Å²) in [5.74, 6) is 2.27. The van der Waals surface area contributed by atoms with Gasteiger partial charge in [-0.2, -0.15) is 10.5 Å². The van der Waals surface area contributed by atoms with Crippen LogP contribution in [0.3, 0.4) is 0 Å². The van der Waals surface area contributed by atoms with Crippen molar-refractivity contribution in [2.24, 2.45) is 5.41 Å². The molecule has 0 amide bonds. The first kappa shape index (κ1) is 16.6. The lowest BCUT2D eigenvalue weighted by Gasteiger charge is -2.41. The highest BCUT2D eigenvalue weighted by Crippen LogP contribution is 2.87. The molecule has 3 aliphatic heterocycles. The second-order valence-corrected chi connectivity index (χ2v) is 17.1. The second kappa shape index (κ2) is 4.88. The zero-order chi connectivity index (χ0) is 16.5. The molecule has 116 valence electrons. The molecule has 6 atom stereocenters. The third-order valence-electron chi connectivity index (χ3n) is 6.23. The standard InChI is InChI=1S/C16H20N2P2S2/c1-10-9-19(21,7-5-17)15-13-11(2)12(3)14(16(10,15)4)20(13,22)8-6-18/h9,13-15H,7-8H2,1-4H3/t13-,14+,15+,16-,19?,20?/m0/s1. The van der Waals surface area contributed by atoms with Gasteiger partial charge >= 0.3 is 0 Å². The Bertz CT molecular complexity index is 811. The average Bonchev–Trinajstić information content (AvgIpc) is 2.82. The van der Waals surface area contributed by atoms with Crippen molar-refractivity contribution in [3.05, 3.63) is 22.5 Å².